The van der Waals surface area contributed by atoms with Gasteiger partial charge in [0.05, 0.1) is 24.2 Å². The molecule has 0 bridgehead atoms. The molecule has 0 aromatic heterocycles. The third-order valence-corrected chi connectivity index (χ3v) is 5.26. The van der Waals surface area contributed by atoms with Crippen LogP contribution >= 0.6 is 0 Å². The zero-order chi connectivity index (χ0) is 21.5. The Labute approximate surface area is 175 Å². The van der Waals surface area contributed by atoms with Crippen LogP contribution in [0.25, 0.3) is 6.08 Å². The van der Waals surface area contributed by atoms with Gasteiger partial charge in [-0.1, -0.05) is 12.7 Å². The van der Waals surface area contributed by atoms with Crippen molar-refractivity contribution in [1.82, 2.24) is 9.80 Å². The van der Waals surface area contributed by atoms with Gasteiger partial charge in [0, 0.05) is 25.9 Å². The van der Waals surface area contributed by atoms with Crippen LogP contribution in [0.1, 0.15) is 52.0 Å². The number of hydrogen-bond acceptors (Lipinski definition) is 6. The van der Waals surface area contributed by atoms with Crippen LogP contribution in [-0.4, -0.2) is 72.9 Å². The number of hydrogen-bond donors (Lipinski definition) is 0. The minimum atomic E-state index is -0.538. The summed E-state index contributed by atoms with van der Waals surface area (Å²) in [7, 11) is 0. The number of ether oxygens (including phenoxy) is 2. The summed E-state index contributed by atoms with van der Waals surface area (Å²) >= 11 is 0. The molecular formula is C22H26N2O6. The van der Waals surface area contributed by atoms with E-state index in [9.17, 15) is 19.2 Å². The Bertz CT molecular complexity index is 850. The van der Waals surface area contributed by atoms with E-state index in [2.05, 4.69) is 6.58 Å². The van der Waals surface area contributed by atoms with E-state index in [0.717, 1.165) is 12.8 Å². The highest BCUT2D eigenvalue weighted by molar-refractivity contribution is 5.97. The molecule has 8 nitrogen and oxygen atoms in total. The van der Waals surface area contributed by atoms with Gasteiger partial charge in [0.1, 0.15) is 13.2 Å². The number of likely N-dealkylation sites (tertiary alicyclic amines) is 2. The van der Waals surface area contributed by atoms with E-state index in [-0.39, 0.29) is 36.2 Å². The standard InChI is InChI=1S/C22H26N2O6/c1-2-16-15-17(21(27)29-13-11-23-9-3-5-19(23)25)7-8-18(16)22(28)30-14-12-24-10-4-6-20(24)26/h2,7-8,15H,1,3-6,9-14H2. The maximum Gasteiger partial charge on any atom is 0.338 e. The summed E-state index contributed by atoms with van der Waals surface area (Å²) in [6.07, 6.45) is 4.23. The second kappa shape index (κ2) is 10.0. The van der Waals surface area contributed by atoms with Crippen molar-refractivity contribution in [3.8, 4) is 0 Å². The molecule has 160 valence electrons. The normalized spacial score (nSPS) is 16.1. The minimum Gasteiger partial charge on any atom is -0.460 e. The van der Waals surface area contributed by atoms with E-state index in [1.54, 1.807) is 9.80 Å². The lowest BCUT2D eigenvalue weighted by molar-refractivity contribution is -0.128. The zero-order valence-corrected chi connectivity index (χ0v) is 16.9. The number of carbonyl (C=O) groups excluding carboxylic acids is 4. The lowest BCUT2D eigenvalue weighted by atomic mass is 10.0. The summed E-state index contributed by atoms with van der Waals surface area (Å²) in [4.78, 5) is 51.2. The highest BCUT2D eigenvalue weighted by Crippen LogP contribution is 2.17. The third-order valence-electron chi connectivity index (χ3n) is 5.26. The number of esters is 2. The van der Waals surface area contributed by atoms with Gasteiger partial charge in [-0.15, -0.1) is 0 Å². The monoisotopic (exact) mass is 414 g/mol. The predicted octanol–water partition coefficient (Wildman–Crippen LogP) is 1.89. The van der Waals surface area contributed by atoms with Crippen LogP contribution in [0.4, 0.5) is 0 Å². The SMILES string of the molecule is C=Cc1cc(C(=O)OCCN2CCCC2=O)ccc1C(=O)OCCN1CCCC1=O. The van der Waals surface area contributed by atoms with Crippen LogP contribution in [0.3, 0.4) is 0 Å². The van der Waals surface area contributed by atoms with Crippen LogP contribution in [0, 0.1) is 0 Å². The number of benzene rings is 1. The van der Waals surface area contributed by atoms with Crippen molar-refractivity contribution in [2.45, 2.75) is 25.7 Å². The molecule has 3 rings (SSSR count). The second-order valence-corrected chi connectivity index (χ2v) is 7.25. The van der Waals surface area contributed by atoms with Crippen molar-refractivity contribution in [3.63, 3.8) is 0 Å². The van der Waals surface area contributed by atoms with Gasteiger partial charge in [0.2, 0.25) is 11.8 Å². The Balaban J connectivity index is 1.52. The lowest BCUT2D eigenvalue weighted by Gasteiger charge is -2.16. The van der Waals surface area contributed by atoms with E-state index in [0.29, 0.717) is 44.6 Å². The van der Waals surface area contributed by atoms with Gasteiger partial charge < -0.3 is 19.3 Å². The first kappa shape index (κ1) is 21.5. The van der Waals surface area contributed by atoms with Crippen molar-refractivity contribution >= 4 is 29.8 Å². The largest absolute Gasteiger partial charge is 0.460 e. The molecule has 2 fully saturated rings. The zero-order valence-electron chi connectivity index (χ0n) is 16.9. The maximum atomic E-state index is 12.4. The van der Waals surface area contributed by atoms with Crippen LogP contribution in [0.15, 0.2) is 24.8 Å². The van der Waals surface area contributed by atoms with Gasteiger partial charge in [-0.25, -0.2) is 9.59 Å². The predicted molar refractivity (Wildman–Crippen MR) is 109 cm³/mol. The summed E-state index contributed by atoms with van der Waals surface area (Å²) in [6, 6.07) is 4.52. The summed E-state index contributed by atoms with van der Waals surface area (Å²) in [5, 5.41) is 0. The average molecular weight is 414 g/mol. The number of amides is 2. The van der Waals surface area contributed by atoms with Gasteiger partial charge >= 0.3 is 11.9 Å². The first-order valence-electron chi connectivity index (χ1n) is 10.2. The molecule has 0 spiro atoms. The summed E-state index contributed by atoms with van der Waals surface area (Å²) in [6.45, 7) is 6.06. The highest BCUT2D eigenvalue weighted by atomic mass is 16.5. The van der Waals surface area contributed by atoms with E-state index in [1.807, 2.05) is 0 Å². The van der Waals surface area contributed by atoms with E-state index in [1.165, 1.54) is 24.3 Å². The van der Waals surface area contributed by atoms with Crippen LogP contribution in [-0.2, 0) is 19.1 Å². The first-order valence-corrected chi connectivity index (χ1v) is 10.2. The van der Waals surface area contributed by atoms with Crippen LogP contribution in [0.2, 0.25) is 0 Å². The molecule has 2 aliphatic rings. The molecule has 2 saturated heterocycles. The Morgan fingerprint density at radius 1 is 0.933 bits per heavy atom. The fourth-order valence-corrected chi connectivity index (χ4v) is 3.58. The molecule has 0 saturated carbocycles. The van der Waals surface area contributed by atoms with Crippen LogP contribution < -0.4 is 0 Å². The number of carbonyl (C=O) groups is 4. The van der Waals surface area contributed by atoms with Crippen molar-refractivity contribution in [1.29, 1.82) is 0 Å². The average Bonchev–Trinajstić information content (AvgIpc) is 3.35. The Morgan fingerprint density at radius 3 is 2.00 bits per heavy atom. The van der Waals surface area contributed by atoms with E-state index < -0.39 is 11.9 Å². The fourth-order valence-electron chi connectivity index (χ4n) is 3.58. The molecule has 0 N–H and O–H groups in total. The van der Waals surface area contributed by atoms with Gasteiger partial charge in [-0.05, 0) is 36.6 Å². The Kier molecular flexibility index (Phi) is 7.21. The molecule has 0 atom stereocenters. The summed E-state index contributed by atoms with van der Waals surface area (Å²) in [5.41, 5.74) is 1.04. The Morgan fingerprint density at radius 2 is 1.50 bits per heavy atom. The number of nitrogens with zero attached hydrogens (tertiary/aromatic N) is 2. The summed E-state index contributed by atoms with van der Waals surface area (Å²) < 4.78 is 10.5. The molecule has 2 amide bonds. The van der Waals surface area contributed by atoms with Crippen molar-refractivity contribution in [2.75, 3.05) is 39.4 Å². The number of rotatable bonds is 9. The molecule has 30 heavy (non-hydrogen) atoms. The molecule has 0 aliphatic carbocycles. The van der Waals surface area contributed by atoms with Crippen molar-refractivity contribution in [3.05, 3.63) is 41.5 Å². The molecule has 1 aromatic rings. The summed E-state index contributed by atoms with van der Waals surface area (Å²) in [5.74, 6) is -0.909. The molecule has 2 aliphatic heterocycles. The third kappa shape index (κ3) is 5.25. The smallest absolute Gasteiger partial charge is 0.338 e. The maximum absolute atomic E-state index is 12.4. The minimum absolute atomic E-state index is 0.0785. The Hall–Kier alpha value is -3.16. The van der Waals surface area contributed by atoms with E-state index >= 15 is 0 Å². The van der Waals surface area contributed by atoms with Gasteiger partial charge in [0.15, 0.2) is 0 Å². The quantitative estimate of drug-likeness (QED) is 0.573. The molecular weight excluding hydrogens is 388 g/mol. The van der Waals surface area contributed by atoms with Gasteiger partial charge in [-0.2, -0.15) is 0 Å². The molecule has 1 aromatic carbocycles. The van der Waals surface area contributed by atoms with Crippen LogP contribution in [0.5, 0.6) is 0 Å². The van der Waals surface area contributed by atoms with Crippen molar-refractivity contribution in [2.24, 2.45) is 0 Å². The lowest BCUT2D eigenvalue weighted by Crippen LogP contribution is -2.29. The fraction of sp³-hybridized carbons (Fsp3) is 0.455. The first-order chi connectivity index (χ1) is 14.5. The molecule has 0 radical (unpaired) electrons. The van der Waals surface area contributed by atoms with Crippen molar-refractivity contribution < 1.29 is 28.7 Å². The van der Waals surface area contributed by atoms with E-state index in [4.69, 9.17) is 9.47 Å². The molecule has 0 unspecified atom stereocenters. The van der Waals surface area contributed by atoms with Gasteiger partial charge in [0.25, 0.3) is 0 Å². The second-order valence-electron chi connectivity index (χ2n) is 7.25. The topological polar surface area (TPSA) is 93.2 Å². The van der Waals surface area contributed by atoms with Gasteiger partial charge in [-0.3, -0.25) is 9.59 Å². The molecule has 8 heteroatoms. The molecule has 2 heterocycles. The highest BCUT2D eigenvalue weighted by Gasteiger charge is 2.22.